The highest BCUT2D eigenvalue weighted by molar-refractivity contribution is 7.92. The maximum Gasteiger partial charge on any atom is 0.501 e. The Hall–Kier alpha value is -2.63. The zero-order valence-corrected chi connectivity index (χ0v) is 15.1. The highest BCUT2D eigenvalue weighted by Gasteiger charge is 2.48. The van der Waals surface area contributed by atoms with Crippen LogP contribution in [0.5, 0.6) is 0 Å². The van der Waals surface area contributed by atoms with Crippen molar-refractivity contribution in [2.24, 2.45) is 5.73 Å². The van der Waals surface area contributed by atoms with Crippen molar-refractivity contribution in [2.45, 2.75) is 29.2 Å². The molecular weight excluding hydrogens is 404 g/mol. The SMILES string of the molecule is NC(=O)c1cc(C2CCCN(c3ccc(F)cc3S(=O)(=O)C(F)(F)F)C2)[nH]n1. The van der Waals surface area contributed by atoms with Crippen LogP contribution in [-0.4, -0.2) is 43.1 Å². The zero-order valence-electron chi connectivity index (χ0n) is 14.3. The molecule has 3 rings (SSSR count). The number of piperidine rings is 1. The molecule has 2 heterocycles. The number of nitrogens with two attached hydrogens (primary N) is 1. The molecular formula is C16H16F4N4O3S. The zero-order chi connectivity index (χ0) is 20.7. The molecule has 1 amide bonds. The van der Waals surface area contributed by atoms with Gasteiger partial charge in [0.1, 0.15) is 16.4 Å². The molecule has 1 unspecified atom stereocenters. The van der Waals surface area contributed by atoms with E-state index in [9.17, 15) is 30.8 Å². The number of primary amides is 1. The third-order valence-corrected chi connectivity index (χ3v) is 6.08. The van der Waals surface area contributed by atoms with Crippen LogP contribution in [0.25, 0.3) is 0 Å². The van der Waals surface area contributed by atoms with Crippen molar-refractivity contribution in [3.05, 3.63) is 41.5 Å². The minimum atomic E-state index is -5.73. The monoisotopic (exact) mass is 420 g/mol. The molecule has 0 bridgehead atoms. The van der Waals surface area contributed by atoms with Crippen LogP contribution >= 0.6 is 0 Å². The van der Waals surface area contributed by atoms with Crippen molar-refractivity contribution in [1.82, 2.24) is 10.2 Å². The lowest BCUT2D eigenvalue weighted by Gasteiger charge is -2.35. The number of nitrogens with one attached hydrogen (secondary N) is 1. The fourth-order valence-electron chi connectivity index (χ4n) is 3.21. The molecule has 28 heavy (non-hydrogen) atoms. The third kappa shape index (κ3) is 3.68. The smallest absolute Gasteiger partial charge is 0.370 e. The Morgan fingerprint density at radius 2 is 2.00 bits per heavy atom. The lowest BCUT2D eigenvalue weighted by Crippen LogP contribution is -2.36. The summed E-state index contributed by atoms with van der Waals surface area (Å²) < 4.78 is 76.5. The molecule has 1 aromatic heterocycles. The Bertz CT molecular complexity index is 1000. The predicted molar refractivity (Wildman–Crippen MR) is 90.9 cm³/mol. The van der Waals surface area contributed by atoms with Gasteiger partial charge in [-0.2, -0.15) is 18.3 Å². The Kier molecular flexibility index (Phi) is 5.08. The van der Waals surface area contributed by atoms with Crippen LogP contribution in [0.15, 0.2) is 29.2 Å². The molecule has 0 aliphatic carbocycles. The van der Waals surface area contributed by atoms with E-state index in [4.69, 9.17) is 5.73 Å². The maximum atomic E-state index is 13.5. The van der Waals surface area contributed by atoms with Gasteiger partial charge in [-0.3, -0.25) is 9.89 Å². The van der Waals surface area contributed by atoms with Crippen molar-refractivity contribution >= 4 is 21.4 Å². The largest absolute Gasteiger partial charge is 0.501 e. The summed E-state index contributed by atoms with van der Waals surface area (Å²) >= 11 is 0. The number of amides is 1. The number of alkyl halides is 3. The number of aromatic amines is 1. The minimum Gasteiger partial charge on any atom is -0.370 e. The van der Waals surface area contributed by atoms with Gasteiger partial charge in [0.15, 0.2) is 0 Å². The van der Waals surface area contributed by atoms with Gasteiger partial charge in [-0.15, -0.1) is 0 Å². The molecule has 0 spiro atoms. The van der Waals surface area contributed by atoms with Crippen molar-refractivity contribution < 1.29 is 30.8 Å². The van der Waals surface area contributed by atoms with Crippen LogP contribution in [-0.2, 0) is 9.84 Å². The van der Waals surface area contributed by atoms with Crippen LogP contribution in [0.2, 0.25) is 0 Å². The van der Waals surface area contributed by atoms with E-state index in [1.54, 1.807) is 0 Å². The normalized spacial score (nSPS) is 18.3. The molecule has 0 radical (unpaired) electrons. The summed E-state index contributed by atoms with van der Waals surface area (Å²) in [6.45, 7) is 0.450. The molecule has 152 valence electrons. The fourth-order valence-corrected chi connectivity index (χ4v) is 4.20. The number of sulfone groups is 1. The average Bonchev–Trinajstić information content (AvgIpc) is 3.11. The number of aromatic nitrogens is 2. The number of carbonyl (C=O) groups is 1. The first-order chi connectivity index (χ1) is 13.0. The topological polar surface area (TPSA) is 109 Å². The number of rotatable bonds is 4. The molecule has 7 nitrogen and oxygen atoms in total. The van der Waals surface area contributed by atoms with Gasteiger partial charge >= 0.3 is 5.51 Å². The van der Waals surface area contributed by atoms with Crippen LogP contribution in [0.3, 0.4) is 0 Å². The Morgan fingerprint density at radius 3 is 2.61 bits per heavy atom. The summed E-state index contributed by atoms with van der Waals surface area (Å²) in [4.78, 5) is 11.5. The van der Waals surface area contributed by atoms with Gasteiger partial charge in [-0.1, -0.05) is 0 Å². The summed E-state index contributed by atoms with van der Waals surface area (Å²) in [5.74, 6) is -2.06. The molecule has 3 N–H and O–H groups in total. The second kappa shape index (κ2) is 7.08. The summed E-state index contributed by atoms with van der Waals surface area (Å²) in [7, 11) is -5.73. The number of halogens is 4. The van der Waals surface area contributed by atoms with Crippen molar-refractivity contribution in [3.63, 3.8) is 0 Å². The first kappa shape index (κ1) is 20.1. The molecule has 2 aromatic rings. The highest BCUT2D eigenvalue weighted by Crippen LogP contribution is 2.38. The summed E-state index contributed by atoms with van der Waals surface area (Å²) in [5, 5.41) is 6.45. The van der Waals surface area contributed by atoms with Gasteiger partial charge in [0.2, 0.25) is 0 Å². The first-order valence-corrected chi connectivity index (χ1v) is 9.70. The molecule has 1 aromatic carbocycles. The van der Waals surface area contributed by atoms with Gasteiger partial charge in [0.05, 0.1) is 5.69 Å². The molecule has 1 aliphatic rings. The number of carbonyl (C=O) groups excluding carboxylic acids is 1. The van der Waals surface area contributed by atoms with E-state index >= 15 is 0 Å². The van der Waals surface area contributed by atoms with Crippen LogP contribution in [0.1, 0.15) is 34.9 Å². The van der Waals surface area contributed by atoms with Crippen molar-refractivity contribution in [3.8, 4) is 0 Å². The Balaban J connectivity index is 1.96. The van der Waals surface area contributed by atoms with Gasteiger partial charge in [-0.25, -0.2) is 12.8 Å². The number of benzene rings is 1. The molecule has 0 saturated carbocycles. The van der Waals surface area contributed by atoms with Gasteiger partial charge < -0.3 is 10.6 Å². The standard InChI is InChI=1S/C16H16F4N4O3S/c17-10-3-4-13(14(6-10)28(26,27)16(18,19)20)24-5-1-2-9(8-24)11-7-12(15(21)25)23-22-11/h3-4,6-7,9H,1-2,5,8H2,(H2,21,25)(H,22,23). The maximum absolute atomic E-state index is 13.5. The Morgan fingerprint density at radius 1 is 1.29 bits per heavy atom. The van der Waals surface area contributed by atoms with Gasteiger partial charge in [-0.05, 0) is 37.1 Å². The number of anilines is 1. The van der Waals surface area contributed by atoms with Crippen LogP contribution in [0.4, 0.5) is 23.2 Å². The average molecular weight is 420 g/mol. The van der Waals surface area contributed by atoms with E-state index in [0.29, 0.717) is 31.1 Å². The van der Waals surface area contributed by atoms with E-state index in [1.165, 1.54) is 11.0 Å². The number of hydrogen-bond acceptors (Lipinski definition) is 5. The number of H-pyrrole nitrogens is 1. The quantitative estimate of drug-likeness (QED) is 0.738. The van der Waals surface area contributed by atoms with E-state index in [0.717, 1.165) is 12.1 Å². The van der Waals surface area contributed by atoms with E-state index in [-0.39, 0.29) is 23.8 Å². The van der Waals surface area contributed by atoms with Crippen LogP contribution < -0.4 is 10.6 Å². The minimum absolute atomic E-state index is 0.0224. The predicted octanol–water partition coefficient (Wildman–Crippen LogP) is 2.33. The molecule has 1 saturated heterocycles. The van der Waals surface area contributed by atoms with Gasteiger partial charge in [0.25, 0.3) is 15.7 Å². The van der Waals surface area contributed by atoms with Crippen molar-refractivity contribution in [2.75, 3.05) is 18.0 Å². The second-order valence-electron chi connectivity index (χ2n) is 6.42. The fraction of sp³-hybridized carbons (Fsp3) is 0.375. The summed E-state index contributed by atoms with van der Waals surface area (Å²) in [6, 6.07) is 3.77. The highest BCUT2D eigenvalue weighted by atomic mass is 32.2. The Labute approximate surface area is 157 Å². The molecule has 1 atom stereocenters. The third-order valence-electron chi connectivity index (χ3n) is 4.57. The number of nitrogens with zero attached hydrogens (tertiary/aromatic N) is 2. The number of hydrogen-bond donors (Lipinski definition) is 2. The van der Waals surface area contributed by atoms with E-state index in [1.807, 2.05) is 0 Å². The lowest BCUT2D eigenvalue weighted by atomic mass is 9.94. The van der Waals surface area contributed by atoms with E-state index in [2.05, 4.69) is 10.2 Å². The van der Waals surface area contributed by atoms with E-state index < -0.39 is 32.0 Å². The molecule has 1 fully saturated rings. The summed E-state index contributed by atoms with van der Waals surface area (Å²) in [6.07, 6.45) is 1.18. The van der Waals surface area contributed by atoms with Crippen LogP contribution in [0, 0.1) is 5.82 Å². The van der Waals surface area contributed by atoms with Gasteiger partial charge in [0, 0.05) is 24.7 Å². The second-order valence-corrected chi connectivity index (χ2v) is 8.33. The summed E-state index contributed by atoms with van der Waals surface area (Å²) in [5.41, 5.74) is -0.0393. The first-order valence-electron chi connectivity index (χ1n) is 8.21. The molecule has 1 aliphatic heterocycles. The molecule has 12 heteroatoms. The lowest BCUT2D eigenvalue weighted by molar-refractivity contribution is -0.0435. The van der Waals surface area contributed by atoms with Crippen molar-refractivity contribution in [1.29, 1.82) is 0 Å².